The van der Waals surface area contributed by atoms with Crippen molar-refractivity contribution in [3.8, 4) is 0 Å². The lowest BCUT2D eigenvalue weighted by Crippen LogP contribution is -2.63. The predicted octanol–water partition coefficient (Wildman–Crippen LogP) is 1.76. The Bertz CT molecular complexity index is 511. The van der Waals surface area contributed by atoms with Gasteiger partial charge in [-0.2, -0.15) is 0 Å². The smallest absolute Gasteiger partial charge is 0.329 e. The third-order valence-electron chi connectivity index (χ3n) is 2.99. The van der Waals surface area contributed by atoms with Gasteiger partial charge in [0.25, 0.3) is 5.91 Å². The van der Waals surface area contributed by atoms with E-state index in [2.05, 4.69) is 15.9 Å². The molecule has 19 heavy (non-hydrogen) atoms. The SMILES string of the molecule is CC1(OCC(=O)O)CN(C(=O)c2ccccc2Br)C1. The van der Waals surface area contributed by atoms with Gasteiger partial charge < -0.3 is 14.7 Å². The monoisotopic (exact) mass is 327 g/mol. The van der Waals surface area contributed by atoms with Crippen molar-refractivity contribution in [3.63, 3.8) is 0 Å². The van der Waals surface area contributed by atoms with Crippen LogP contribution in [-0.4, -0.2) is 47.2 Å². The number of carbonyl (C=O) groups is 2. The van der Waals surface area contributed by atoms with Crippen LogP contribution in [0.2, 0.25) is 0 Å². The molecule has 0 spiro atoms. The van der Waals surface area contributed by atoms with Crippen molar-refractivity contribution >= 4 is 27.8 Å². The number of halogens is 1. The van der Waals surface area contributed by atoms with E-state index < -0.39 is 11.6 Å². The predicted molar refractivity (Wildman–Crippen MR) is 72.0 cm³/mol. The molecule has 102 valence electrons. The van der Waals surface area contributed by atoms with E-state index >= 15 is 0 Å². The minimum absolute atomic E-state index is 0.0797. The second-order valence-corrected chi connectivity index (χ2v) is 5.63. The number of benzene rings is 1. The van der Waals surface area contributed by atoms with Crippen LogP contribution in [0.25, 0.3) is 0 Å². The highest BCUT2D eigenvalue weighted by Gasteiger charge is 2.43. The number of rotatable bonds is 4. The second kappa shape index (κ2) is 5.30. The van der Waals surface area contributed by atoms with Gasteiger partial charge in [-0.05, 0) is 35.0 Å². The van der Waals surface area contributed by atoms with Crippen molar-refractivity contribution in [1.82, 2.24) is 4.90 Å². The van der Waals surface area contributed by atoms with Crippen molar-refractivity contribution in [2.24, 2.45) is 0 Å². The largest absolute Gasteiger partial charge is 0.480 e. The lowest BCUT2D eigenvalue weighted by atomic mass is 9.95. The van der Waals surface area contributed by atoms with Crippen LogP contribution in [0.15, 0.2) is 28.7 Å². The maximum Gasteiger partial charge on any atom is 0.329 e. The summed E-state index contributed by atoms with van der Waals surface area (Å²) in [6, 6.07) is 7.21. The lowest BCUT2D eigenvalue weighted by molar-refractivity contribution is -0.159. The van der Waals surface area contributed by atoms with Gasteiger partial charge in [-0.15, -0.1) is 0 Å². The summed E-state index contributed by atoms with van der Waals surface area (Å²) in [5.41, 5.74) is 0.0396. The number of carboxylic acid groups (broad SMARTS) is 1. The van der Waals surface area contributed by atoms with Gasteiger partial charge in [-0.1, -0.05) is 12.1 Å². The first-order valence-corrected chi connectivity index (χ1v) is 6.60. The first-order valence-electron chi connectivity index (χ1n) is 5.81. The summed E-state index contributed by atoms with van der Waals surface area (Å²) in [6.07, 6.45) is 0. The molecule has 2 rings (SSSR count). The van der Waals surface area contributed by atoms with Gasteiger partial charge in [0, 0.05) is 4.47 Å². The highest BCUT2D eigenvalue weighted by molar-refractivity contribution is 9.10. The minimum Gasteiger partial charge on any atom is -0.480 e. The molecule has 1 heterocycles. The van der Waals surface area contributed by atoms with Crippen LogP contribution in [0, 0.1) is 0 Å². The number of carbonyl (C=O) groups excluding carboxylic acids is 1. The topological polar surface area (TPSA) is 66.8 Å². The molecule has 0 atom stereocenters. The number of nitrogens with zero attached hydrogens (tertiary/aromatic N) is 1. The molecule has 1 amide bonds. The lowest BCUT2D eigenvalue weighted by Gasteiger charge is -2.47. The van der Waals surface area contributed by atoms with Crippen LogP contribution < -0.4 is 0 Å². The number of ether oxygens (including phenoxy) is 1. The molecule has 1 aromatic carbocycles. The quantitative estimate of drug-likeness (QED) is 0.915. The summed E-state index contributed by atoms with van der Waals surface area (Å²) in [5, 5.41) is 8.57. The standard InChI is InChI=1S/C13H14BrNO4/c1-13(19-6-11(16)17)7-15(8-13)12(18)9-4-2-3-5-10(9)14/h2-5H,6-8H2,1H3,(H,16,17). The van der Waals surface area contributed by atoms with Gasteiger partial charge >= 0.3 is 5.97 Å². The molecule has 6 heteroatoms. The fraction of sp³-hybridized carbons (Fsp3) is 0.385. The van der Waals surface area contributed by atoms with Crippen LogP contribution >= 0.6 is 15.9 Å². The average molecular weight is 328 g/mol. The first-order chi connectivity index (χ1) is 8.91. The Morgan fingerprint density at radius 3 is 2.63 bits per heavy atom. The molecule has 0 aromatic heterocycles. The minimum atomic E-state index is -1.00. The fourth-order valence-electron chi connectivity index (χ4n) is 2.04. The van der Waals surface area contributed by atoms with E-state index in [9.17, 15) is 9.59 Å². The van der Waals surface area contributed by atoms with Crippen molar-refractivity contribution in [2.45, 2.75) is 12.5 Å². The molecule has 0 unspecified atom stereocenters. The van der Waals surface area contributed by atoms with Crippen molar-refractivity contribution in [1.29, 1.82) is 0 Å². The van der Waals surface area contributed by atoms with Crippen LogP contribution in [0.3, 0.4) is 0 Å². The summed E-state index contributed by atoms with van der Waals surface area (Å²) in [4.78, 5) is 24.3. The van der Waals surface area contributed by atoms with Crippen molar-refractivity contribution in [3.05, 3.63) is 34.3 Å². The third kappa shape index (κ3) is 3.13. The summed E-state index contributed by atoms with van der Waals surface area (Å²) in [7, 11) is 0. The van der Waals surface area contributed by atoms with E-state index in [0.29, 0.717) is 18.7 Å². The van der Waals surface area contributed by atoms with Crippen LogP contribution in [0.5, 0.6) is 0 Å². The van der Waals surface area contributed by atoms with Crippen molar-refractivity contribution in [2.75, 3.05) is 19.7 Å². The molecule has 1 aliphatic heterocycles. The van der Waals surface area contributed by atoms with Gasteiger partial charge in [-0.3, -0.25) is 4.79 Å². The molecule has 0 bridgehead atoms. The molecular weight excluding hydrogens is 314 g/mol. The zero-order valence-corrected chi connectivity index (χ0v) is 12.0. The van der Waals surface area contributed by atoms with E-state index in [1.165, 1.54) is 0 Å². The number of hydrogen-bond donors (Lipinski definition) is 1. The molecule has 1 fully saturated rings. The van der Waals surface area contributed by atoms with Crippen LogP contribution in [0.1, 0.15) is 17.3 Å². The maximum atomic E-state index is 12.2. The molecule has 1 aliphatic rings. The summed E-state index contributed by atoms with van der Waals surface area (Å²) in [6.45, 7) is 2.27. The number of amides is 1. The fourth-order valence-corrected chi connectivity index (χ4v) is 2.49. The zero-order chi connectivity index (χ0) is 14.0. The van der Waals surface area contributed by atoms with E-state index in [4.69, 9.17) is 9.84 Å². The van der Waals surface area contributed by atoms with Gasteiger partial charge in [0.15, 0.2) is 0 Å². The highest BCUT2D eigenvalue weighted by atomic mass is 79.9. The van der Waals surface area contributed by atoms with E-state index in [1.807, 2.05) is 12.1 Å². The zero-order valence-electron chi connectivity index (χ0n) is 10.4. The molecule has 1 N–H and O–H groups in total. The Morgan fingerprint density at radius 2 is 2.05 bits per heavy atom. The molecule has 0 aliphatic carbocycles. The Hall–Kier alpha value is -1.40. The Morgan fingerprint density at radius 1 is 1.42 bits per heavy atom. The van der Waals surface area contributed by atoms with E-state index in [1.54, 1.807) is 24.0 Å². The molecule has 0 saturated carbocycles. The Labute approximate surface area is 119 Å². The molecule has 5 nitrogen and oxygen atoms in total. The number of carboxylic acids is 1. The number of likely N-dealkylation sites (tertiary alicyclic amines) is 1. The van der Waals surface area contributed by atoms with Crippen molar-refractivity contribution < 1.29 is 19.4 Å². The summed E-state index contributed by atoms with van der Waals surface area (Å²) >= 11 is 3.34. The third-order valence-corrected chi connectivity index (χ3v) is 3.68. The van der Waals surface area contributed by atoms with Gasteiger partial charge in [-0.25, -0.2) is 4.79 Å². The van der Waals surface area contributed by atoms with Gasteiger partial charge in [0.05, 0.1) is 18.7 Å². The highest BCUT2D eigenvalue weighted by Crippen LogP contribution is 2.28. The summed E-state index contributed by atoms with van der Waals surface area (Å²) in [5.74, 6) is -1.08. The second-order valence-electron chi connectivity index (χ2n) is 4.77. The summed E-state index contributed by atoms with van der Waals surface area (Å²) < 4.78 is 6.02. The average Bonchev–Trinajstić information content (AvgIpc) is 2.33. The van der Waals surface area contributed by atoms with Gasteiger partial charge in [0.1, 0.15) is 12.2 Å². The van der Waals surface area contributed by atoms with E-state index in [0.717, 1.165) is 4.47 Å². The normalized spacial score (nSPS) is 16.8. The molecule has 1 aromatic rings. The van der Waals surface area contributed by atoms with Crippen LogP contribution in [-0.2, 0) is 9.53 Å². The Balaban J connectivity index is 1.95. The molecule has 1 saturated heterocycles. The van der Waals surface area contributed by atoms with Gasteiger partial charge in [0.2, 0.25) is 0 Å². The number of hydrogen-bond acceptors (Lipinski definition) is 3. The van der Waals surface area contributed by atoms with E-state index in [-0.39, 0.29) is 12.5 Å². The molecular formula is C13H14BrNO4. The first kappa shape index (κ1) is 14.0. The maximum absolute atomic E-state index is 12.2. The molecule has 0 radical (unpaired) electrons. The number of aliphatic carboxylic acids is 1. The Kier molecular flexibility index (Phi) is 3.91. The van der Waals surface area contributed by atoms with Crippen LogP contribution in [0.4, 0.5) is 0 Å².